The minimum atomic E-state index is -1.62. The lowest BCUT2D eigenvalue weighted by atomic mass is 9.72. The van der Waals surface area contributed by atoms with Crippen molar-refractivity contribution in [2.24, 2.45) is 5.92 Å². The van der Waals surface area contributed by atoms with Crippen LogP contribution in [-0.2, 0) is 0 Å². The van der Waals surface area contributed by atoms with E-state index in [1.165, 1.54) is 19.9 Å². The lowest BCUT2D eigenvalue weighted by molar-refractivity contribution is 0.00812. The second-order valence-electron chi connectivity index (χ2n) is 9.48. The smallest absolute Gasteiger partial charge is 0.187 e. The summed E-state index contributed by atoms with van der Waals surface area (Å²) < 4.78 is 29.6. The van der Waals surface area contributed by atoms with Gasteiger partial charge >= 0.3 is 0 Å². The first kappa shape index (κ1) is 24.1. The van der Waals surface area contributed by atoms with E-state index in [2.05, 4.69) is 15.8 Å². The quantitative estimate of drug-likeness (QED) is 0.381. The zero-order valence-corrected chi connectivity index (χ0v) is 19.5. The Morgan fingerprint density at radius 2 is 1.60 bits per heavy atom. The lowest BCUT2D eigenvalue weighted by Gasteiger charge is -2.50. The van der Waals surface area contributed by atoms with Crippen molar-refractivity contribution in [1.82, 2.24) is 4.90 Å². The molecule has 0 spiro atoms. The molecule has 4 rings (SSSR count). The molecule has 1 aliphatic rings. The van der Waals surface area contributed by atoms with Crippen LogP contribution in [0.4, 0.5) is 14.5 Å². The maximum atomic E-state index is 15.4. The number of rotatable bonds is 6. The number of likely N-dealkylation sites (tertiary alicyclic amines) is 1. The number of nitrogens with zero attached hydrogens (tertiary/aromatic N) is 4. The van der Waals surface area contributed by atoms with Crippen molar-refractivity contribution in [3.8, 4) is 12.1 Å². The average molecular weight is 467 g/mol. The fraction of sp³-hybridized carbons (Fsp3) is 0.276. The zero-order chi connectivity index (χ0) is 25.2. The third-order valence-electron chi connectivity index (χ3n) is 6.59. The second-order valence-corrected chi connectivity index (χ2v) is 9.48. The second kappa shape index (κ2) is 9.67. The molecule has 0 amide bonds. The highest BCUT2D eigenvalue weighted by Gasteiger charge is 2.45. The van der Waals surface area contributed by atoms with Gasteiger partial charge in [0.2, 0.25) is 0 Å². The summed E-state index contributed by atoms with van der Waals surface area (Å²) >= 11 is 0. The normalized spacial score (nSPS) is 15.8. The average Bonchev–Trinajstić information content (AvgIpc) is 2.81. The van der Waals surface area contributed by atoms with E-state index in [1.54, 1.807) is 24.3 Å². The van der Waals surface area contributed by atoms with Gasteiger partial charge in [-0.2, -0.15) is 10.5 Å². The minimum Gasteiger partial charge on any atom is -0.292 e. The highest BCUT2D eigenvalue weighted by molar-refractivity contribution is 5.48. The zero-order valence-electron chi connectivity index (χ0n) is 19.5. The van der Waals surface area contributed by atoms with Gasteiger partial charge < -0.3 is 0 Å². The van der Waals surface area contributed by atoms with Crippen LogP contribution in [0, 0.1) is 41.0 Å². The summed E-state index contributed by atoms with van der Waals surface area (Å²) in [4.78, 5) is 5.67. The van der Waals surface area contributed by atoms with Crippen molar-refractivity contribution in [1.29, 1.82) is 10.5 Å². The van der Waals surface area contributed by atoms with Gasteiger partial charge in [-0.05, 0) is 66.8 Å². The first-order valence-corrected chi connectivity index (χ1v) is 11.3. The van der Waals surface area contributed by atoms with E-state index in [0.717, 1.165) is 17.2 Å². The Labute approximate surface area is 204 Å². The largest absolute Gasteiger partial charge is 0.292 e. The molecular weight excluding hydrogens is 442 g/mol. The van der Waals surface area contributed by atoms with Crippen molar-refractivity contribution < 1.29 is 8.78 Å². The molecule has 4 nitrogen and oxygen atoms in total. The van der Waals surface area contributed by atoms with Gasteiger partial charge in [0.05, 0.1) is 35.9 Å². The van der Waals surface area contributed by atoms with Crippen LogP contribution in [-0.4, -0.2) is 23.7 Å². The summed E-state index contributed by atoms with van der Waals surface area (Å²) in [7, 11) is 0. The van der Waals surface area contributed by atoms with Crippen LogP contribution in [0.5, 0.6) is 0 Å². The van der Waals surface area contributed by atoms with Crippen LogP contribution in [0.25, 0.3) is 4.85 Å². The summed E-state index contributed by atoms with van der Waals surface area (Å²) in [6, 6.07) is 22.8. The molecule has 1 fully saturated rings. The Hall–Kier alpha value is -4.05. The summed E-state index contributed by atoms with van der Waals surface area (Å²) in [5.41, 5.74) is 2.04. The van der Waals surface area contributed by atoms with Crippen LogP contribution in [0.2, 0.25) is 0 Å². The molecule has 1 saturated heterocycles. The van der Waals surface area contributed by atoms with Gasteiger partial charge in [-0.1, -0.05) is 36.4 Å². The predicted octanol–water partition coefficient (Wildman–Crippen LogP) is 6.67. The van der Waals surface area contributed by atoms with Crippen LogP contribution >= 0.6 is 0 Å². The molecule has 6 heteroatoms. The molecule has 0 aliphatic carbocycles. The number of alkyl halides is 1. The Balaban J connectivity index is 1.67. The standard InChI is InChI=1S/C29H24F2N4/c1-29(2,31)27(23-12-20(16-33)13-25(30)14-23)24-17-35(18-24)28(21-7-9-26(34-3)10-8-21)22-6-4-5-19(11-22)15-32/h4-14,24,27-28H,17-18H2,1-2H3/t27-,28+/m1/s1. The monoisotopic (exact) mass is 466 g/mol. The van der Waals surface area contributed by atoms with Crippen molar-refractivity contribution in [2.75, 3.05) is 13.1 Å². The number of hydrogen-bond acceptors (Lipinski definition) is 3. The van der Waals surface area contributed by atoms with E-state index in [0.29, 0.717) is 29.9 Å². The summed E-state index contributed by atoms with van der Waals surface area (Å²) in [6.07, 6.45) is 0. The molecule has 3 aromatic carbocycles. The Bertz CT molecular complexity index is 1350. The Morgan fingerprint density at radius 1 is 0.943 bits per heavy atom. The van der Waals surface area contributed by atoms with E-state index in [1.807, 2.05) is 36.4 Å². The molecule has 0 unspecified atom stereocenters. The fourth-order valence-electron chi connectivity index (χ4n) is 5.18. The molecule has 35 heavy (non-hydrogen) atoms. The molecule has 0 aromatic heterocycles. The molecule has 0 radical (unpaired) electrons. The van der Waals surface area contributed by atoms with Gasteiger partial charge in [0.15, 0.2) is 5.69 Å². The number of hydrogen-bond donors (Lipinski definition) is 0. The number of benzene rings is 3. The van der Waals surface area contributed by atoms with Gasteiger partial charge in [0, 0.05) is 19.0 Å². The number of halogens is 2. The topological polar surface area (TPSA) is 55.2 Å². The maximum Gasteiger partial charge on any atom is 0.187 e. The van der Waals surface area contributed by atoms with Crippen molar-refractivity contribution in [3.63, 3.8) is 0 Å². The summed E-state index contributed by atoms with van der Waals surface area (Å²) in [5, 5.41) is 18.7. The SMILES string of the molecule is [C-]#[N+]c1ccc([C@@H](c2cccc(C#N)c2)N2CC([C@@H](c3cc(F)cc(C#N)c3)C(C)(C)F)C2)cc1. The minimum absolute atomic E-state index is 0.0903. The van der Waals surface area contributed by atoms with Crippen LogP contribution in [0.1, 0.15) is 53.6 Å². The molecule has 3 aromatic rings. The van der Waals surface area contributed by atoms with E-state index in [-0.39, 0.29) is 17.5 Å². The molecule has 1 heterocycles. The summed E-state index contributed by atoms with van der Waals surface area (Å²) in [6.45, 7) is 11.3. The maximum absolute atomic E-state index is 15.4. The van der Waals surface area contributed by atoms with Gasteiger partial charge in [0.25, 0.3) is 0 Å². The first-order valence-electron chi connectivity index (χ1n) is 11.3. The van der Waals surface area contributed by atoms with E-state index < -0.39 is 17.4 Å². The van der Waals surface area contributed by atoms with E-state index in [9.17, 15) is 14.9 Å². The third kappa shape index (κ3) is 5.07. The third-order valence-corrected chi connectivity index (χ3v) is 6.59. The molecular formula is C29H24F2N4. The van der Waals surface area contributed by atoms with Crippen molar-refractivity contribution >= 4 is 5.69 Å². The Kier molecular flexibility index (Phi) is 6.65. The number of nitriles is 2. The Morgan fingerprint density at radius 3 is 2.20 bits per heavy atom. The highest BCUT2D eigenvalue weighted by atomic mass is 19.1. The van der Waals surface area contributed by atoms with Gasteiger partial charge in [-0.3, -0.25) is 4.90 Å². The first-order chi connectivity index (χ1) is 16.7. The highest BCUT2D eigenvalue weighted by Crippen LogP contribution is 2.45. The van der Waals surface area contributed by atoms with Crippen molar-refractivity contribution in [2.45, 2.75) is 31.5 Å². The summed E-state index contributed by atoms with van der Waals surface area (Å²) in [5.74, 6) is -1.22. The molecule has 0 N–H and O–H groups in total. The molecule has 174 valence electrons. The van der Waals surface area contributed by atoms with Gasteiger partial charge in [-0.15, -0.1) is 0 Å². The van der Waals surface area contributed by atoms with Crippen LogP contribution in [0.3, 0.4) is 0 Å². The van der Waals surface area contributed by atoms with E-state index >= 15 is 4.39 Å². The van der Waals surface area contributed by atoms with Gasteiger partial charge in [-0.25, -0.2) is 13.6 Å². The molecule has 1 aliphatic heterocycles. The molecule has 0 bridgehead atoms. The van der Waals surface area contributed by atoms with Crippen LogP contribution < -0.4 is 0 Å². The molecule has 2 atom stereocenters. The predicted molar refractivity (Wildman–Crippen MR) is 130 cm³/mol. The van der Waals surface area contributed by atoms with Gasteiger partial charge in [0.1, 0.15) is 11.5 Å². The molecule has 0 saturated carbocycles. The fourth-order valence-corrected chi connectivity index (χ4v) is 5.18. The van der Waals surface area contributed by atoms with Crippen molar-refractivity contribution in [3.05, 3.63) is 112 Å². The lowest BCUT2D eigenvalue weighted by Crippen LogP contribution is -2.53. The van der Waals surface area contributed by atoms with E-state index in [4.69, 9.17) is 6.57 Å². The van der Waals surface area contributed by atoms with Crippen LogP contribution in [0.15, 0.2) is 66.7 Å².